The highest BCUT2D eigenvalue weighted by atomic mass is 28.4. The Morgan fingerprint density at radius 3 is 2.44 bits per heavy atom. The summed E-state index contributed by atoms with van der Waals surface area (Å²) >= 11 is 0. The molecule has 0 saturated heterocycles. The van der Waals surface area contributed by atoms with Gasteiger partial charge in [-0.05, 0) is 44.8 Å². The van der Waals surface area contributed by atoms with Crippen LogP contribution in [0.5, 0.6) is 0 Å². The number of para-hydroxylation sites is 1. The Morgan fingerprint density at radius 2 is 1.82 bits per heavy atom. The van der Waals surface area contributed by atoms with E-state index in [1.807, 2.05) is 50.0 Å². The van der Waals surface area contributed by atoms with Crippen molar-refractivity contribution < 1.29 is 13.2 Å². The molecule has 0 unspecified atom stereocenters. The van der Waals surface area contributed by atoms with Gasteiger partial charge in [-0.2, -0.15) is 5.10 Å². The SMILES string of the molecule is C[C@@H](n1ccn(-c2ccccc2)c1=O)[C@@](Cn1cncn1)(O[Si](C)(C)C)c1ccc(F)cc1F. The Morgan fingerprint density at radius 1 is 1.09 bits per heavy atom. The molecule has 2 aromatic carbocycles. The molecule has 7 nitrogen and oxygen atoms in total. The van der Waals surface area contributed by atoms with E-state index in [2.05, 4.69) is 10.1 Å². The van der Waals surface area contributed by atoms with Crippen LogP contribution in [0.1, 0.15) is 18.5 Å². The van der Waals surface area contributed by atoms with Crippen LogP contribution in [-0.2, 0) is 16.6 Å². The standard InChI is InChI=1S/C24H27F2N5O2Si/c1-18(30-12-13-31(23(30)32)20-8-6-5-7-9-20)24(33-34(2,3)4,15-29-17-27-16-28-29)21-11-10-19(25)14-22(21)26/h5-14,16-18H,15H2,1-4H3/t18-,24-/m1/s1. The van der Waals surface area contributed by atoms with Crippen LogP contribution in [0.15, 0.2) is 78.4 Å². The Kier molecular flexibility index (Phi) is 6.37. The lowest BCUT2D eigenvalue weighted by molar-refractivity contribution is -0.0160. The summed E-state index contributed by atoms with van der Waals surface area (Å²) in [7, 11) is -2.36. The molecular weight excluding hydrogens is 456 g/mol. The summed E-state index contributed by atoms with van der Waals surface area (Å²) in [5, 5.41) is 4.21. The largest absolute Gasteiger partial charge is 0.404 e. The van der Waals surface area contributed by atoms with Gasteiger partial charge in [0.2, 0.25) is 0 Å². The molecule has 178 valence electrons. The van der Waals surface area contributed by atoms with E-state index >= 15 is 4.39 Å². The van der Waals surface area contributed by atoms with Crippen LogP contribution in [0.4, 0.5) is 8.78 Å². The van der Waals surface area contributed by atoms with E-state index in [9.17, 15) is 9.18 Å². The van der Waals surface area contributed by atoms with Gasteiger partial charge in [-0.3, -0.25) is 9.13 Å². The summed E-state index contributed by atoms with van der Waals surface area (Å²) in [5.74, 6) is -1.44. The number of rotatable bonds is 8. The van der Waals surface area contributed by atoms with Crippen molar-refractivity contribution in [2.24, 2.45) is 0 Å². The minimum absolute atomic E-state index is 0.0734. The number of benzene rings is 2. The molecule has 2 aromatic heterocycles. The fourth-order valence-corrected chi connectivity index (χ4v) is 5.68. The highest BCUT2D eigenvalue weighted by Gasteiger charge is 2.46. The van der Waals surface area contributed by atoms with Crippen molar-refractivity contribution in [3.8, 4) is 5.69 Å². The lowest BCUT2D eigenvalue weighted by Crippen LogP contribution is -2.50. The van der Waals surface area contributed by atoms with Crippen molar-refractivity contribution in [1.29, 1.82) is 0 Å². The van der Waals surface area contributed by atoms with Gasteiger partial charge < -0.3 is 4.43 Å². The van der Waals surface area contributed by atoms with Gasteiger partial charge in [-0.25, -0.2) is 23.2 Å². The smallest absolute Gasteiger partial charge is 0.333 e. The molecule has 2 heterocycles. The van der Waals surface area contributed by atoms with Crippen molar-refractivity contribution in [3.05, 3.63) is 101 Å². The number of hydrogen-bond donors (Lipinski definition) is 0. The van der Waals surface area contributed by atoms with E-state index in [-0.39, 0.29) is 17.8 Å². The molecule has 0 N–H and O–H groups in total. The Labute approximate surface area is 197 Å². The lowest BCUT2D eigenvalue weighted by Gasteiger charge is -2.44. The molecule has 0 fully saturated rings. The fourth-order valence-electron chi connectivity index (χ4n) is 4.24. The van der Waals surface area contributed by atoms with Crippen LogP contribution in [0, 0.1) is 11.6 Å². The van der Waals surface area contributed by atoms with Gasteiger partial charge in [0, 0.05) is 24.0 Å². The molecule has 4 rings (SSSR count). The van der Waals surface area contributed by atoms with Gasteiger partial charge in [-0.1, -0.05) is 24.3 Å². The van der Waals surface area contributed by atoms with Gasteiger partial charge in [-0.15, -0.1) is 0 Å². The van der Waals surface area contributed by atoms with Gasteiger partial charge in [0.15, 0.2) is 8.32 Å². The third-order valence-corrected chi connectivity index (χ3v) is 6.65. The summed E-state index contributed by atoms with van der Waals surface area (Å²) in [4.78, 5) is 17.5. The average molecular weight is 484 g/mol. The van der Waals surface area contributed by atoms with Crippen LogP contribution < -0.4 is 5.69 Å². The van der Waals surface area contributed by atoms with E-state index in [4.69, 9.17) is 4.43 Å². The van der Waals surface area contributed by atoms with Crippen LogP contribution >= 0.6 is 0 Å². The number of halogens is 2. The summed E-state index contributed by atoms with van der Waals surface area (Å²) < 4.78 is 40.5. The van der Waals surface area contributed by atoms with Gasteiger partial charge >= 0.3 is 5.69 Å². The predicted octanol–water partition coefficient (Wildman–Crippen LogP) is 4.52. The molecule has 0 radical (unpaired) electrons. The monoisotopic (exact) mass is 483 g/mol. The third-order valence-electron chi connectivity index (χ3n) is 5.67. The molecule has 0 bridgehead atoms. The third kappa shape index (κ3) is 4.64. The van der Waals surface area contributed by atoms with Gasteiger partial charge in [0.25, 0.3) is 0 Å². The van der Waals surface area contributed by atoms with Crippen LogP contribution in [0.3, 0.4) is 0 Å². The van der Waals surface area contributed by atoms with Gasteiger partial charge in [0.1, 0.15) is 29.9 Å². The van der Waals surface area contributed by atoms with Crippen molar-refractivity contribution in [1.82, 2.24) is 23.9 Å². The van der Waals surface area contributed by atoms with E-state index in [1.165, 1.54) is 33.9 Å². The number of nitrogens with zero attached hydrogens (tertiary/aromatic N) is 5. The lowest BCUT2D eigenvalue weighted by atomic mass is 9.86. The summed E-state index contributed by atoms with van der Waals surface area (Å²) in [6, 6.07) is 12.0. The molecule has 34 heavy (non-hydrogen) atoms. The Balaban J connectivity index is 1.93. The number of aromatic nitrogens is 5. The van der Waals surface area contributed by atoms with Crippen molar-refractivity contribution >= 4 is 8.32 Å². The predicted molar refractivity (Wildman–Crippen MR) is 127 cm³/mol. The molecule has 0 aliphatic carbocycles. The zero-order valence-electron chi connectivity index (χ0n) is 19.5. The fraction of sp³-hybridized carbons (Fsp3) is 0.292. The van der Waals surface area contributed by atoms with Crippen molar-refractivity contribution in [3.63, 3.8) is 0 Å². The molecule has 0 amide bonds. The molecule has 10 heteroatoms. The summed E-state index contributed by atoms with van der Waals surface area (Å²) in [6.07, 6.45) is 6.21. The Bertz CT molecular complexity index is 1320. The summed E-state index contributed by atoms with van der Waals surface area (Å²) in [5.41, 5.74) is -0.815. The quantitative estimate of drug-likeness (QED) is 0.346. The topological polar surface area (TPSA) is 66.9 Å². The number of imidazole rings is 1. The minimum Gasteiger partial charge on any atom is -0.404 e. The molecule has 4 aromatic rings. The second-order valence-corrected chi connectivity index (χ2v) is 13.6. The summed E-state index contributed by atoms with van der Waals surface area (Å²) in [6.45, 7) is 7.82. The second-order valence-electron chi connectivity index (χ2n) is 9.19. The minimum atomic E-state index is -2.36. The Hall–Kier alpha value is -3.37. The molecule has 0 aliphatic rings. The maximum atomic E-state index is 15.4. The van der Waals surface area contributed by atoms with E-state index in [1.54, 1.807) is 24.0 Å². The maximum absolute atomic E-state index is 15.4. The van der Waals surface area contributed by atoms with E-state index < -0.39 is 31.6 Å². The highest BCUT2D eigenvalue weighted by Crippen LogP contribution is 2.42. The molecule has 0 spiro atoms. The average Bonchev–Trinajstić information content (AvgIpc) is 3.42. The van der Waals surface area contributed by atoms with E-state index in [0.29, 0.717) is 5.69 Å². The highest BCUT2D eigenvalue weighted by molar-refractivity contribution is 6.69. The molecule has 0 saturated carbocycles. The first kappa shape index (κ1) is 23.8. The molecule has 0 aliphatic heterocycles. The van der Waals surface area contributed by atoms with Crippen LogP contribution in [-0.4, -0.2) is 32.2 Å². The van der Waals surface area contributed by atoms with E-state index in [0.717, 1.165) is 6.07 Å². The van der Waals surface area contributed by atoms with Crippen molar-refractivity contribution in [2.75, 3.05) is 0 Å². The maximum Gasteiger partial charge on any atom is 0.333 e. The zero-order chi connectivity index (χ0) is 24.5. The van der Waals surface area contributed by atoms with Crippen LogP contribution in [0.25, 0.3) is 5.69 Å². The zero-order valence-corrected chi connectivity index (χ0v) is 20.5. The first-order valence-electron chi connectivity index (χ1n) is 10.9. The number of hydrogen-bond acceptors (Lipinski definition) is 4. The second kappa shape index (κ2) is 9.11. The van der Waals surface area contributed by atoms with Gasteiger partial charge in [0.05, 0.1) is 18.3 Å². The van der Waals surface area contributed by atoms with Crippen molar-refractivity contribution in [2.45, 2.75) is 44.8 Å². The normalized spacial score (nSPS) is 14.6. The molecular formula is C24H27F2N5O2Si. The van der Waals surface area contributed by atoms with Crippen LogP contribution in [0.2, 0.25) is 19.6 Å². The first-order valence-corrected chi connectivity index (χ1v) is 14.3. The first-order chi connectivity index (χ1) is 16.1. The molecule has 2 atom stereocenters.